The highest BCUT2D eigenvalue weighted by molar-refractivity contribution is 6.30. The molecular formula is C6H5ClN2O2. The van der Waals surface area contributed by atoms with E-state index in [1.165, 1.54) is 19.4 Å². The smallest absolute Gasteiger partial charge is 0.308 e. The normalized spacial score (nSPS) is 9.27. The number of hydrogen-bond donors (Lipinski definition) is 0. The van der Waals surface area contributed by atoms with Gasteiger partial charge >= 0.3 is 5.97 Å². The molecule has 0 N–H and O–H groups in total. The van der Waals surface area contributed by atoms with Gasteiger partial charge in [-0.25, -0.2) is 9.97 Å². The first-order valence-electron chi connectivity index (χ1n) is 2.84. The molecule has 0 unspecified atom stereocenters. The van der Waals surface area contributed by atoms with Crippen LogP contribution in [0, 0.1) is 0 Å². The fourth-order valence-electron chi connectivity index (χ4n) is 0.525. The van der Waals surface area contributed by atoms with Gasteiger partial charge < -0.3 is 4.74 Å². The van der Waals surface area contributed by atoms with Crippen molar-refractivity contribution in [2.24, 2.45) is 0 Å². The van der Waals surface area contributed by atoms with Gasteiger partial charge in [-0.3, -0.25) is 4.79 Å². The highest BCUT2D eigenvalue weighted by Crippen LogP contribution is 2.18. The molecule has 0 fully saturated rings. The van der Waals surface area contributed by atoms with Crippen LogP contribution in [0.4, 0.5) is 0 Å². The Balaban J connectivity index is 2.86. The molecule has 0 saturated heterocycles. The van der Waals surface area contributed by atoms with Crippen molar-refractivity contribution < 1.29 is 9.53 Å². The lowest BCUT2D eigenvalue weighted by Crippen LogP contribution is -2.02. The molecule has 0 spiro atoms. The standard InChI is InChI=1S/C6H5ClN2O2/c1-4(10)11-5-2-8-3-9-6(5)7/h2-3H,1H3. The zero-order chi connectivity index (χ0) is 8.27. The Morgan fingerprint density at radius 1 is 1.73 bits per heavy atom. The van der Waals surface area contributed by atoms with Crippen LogP contribution in [-0.2, 0) is 4.79 Å². The fraction of sp³-hybridized carbons (Fsp3) is 0.167. The number of rotatable bonds is 1. The summed E-state index contributed by atoms with van der Waals surface area (Å²) < 4.78 is 4.65. The Morgan fingerprint density at radius 2 is 2.45 bits per heavy atom. The number of nitrogens with zero attached hydrogens (tertiary/aromatic N) is 2. The van der Waals surface area contributed by atoms with E-state index in [0.29, 0.717) is 0 Å². The Morgan fingerprint density at radius 3 is 3.00 bits per heavy atom. The van der Waals surface area contributed by atoms with E-state index in [9.17, 15) is 4.79 Å². The summed E-state index contributed by atoms with van der Waals surface area (Å²) in [7, 11) is 0. The molecule has 0 atom stereocenters. The van der Waals surface area contributed by atoms with Crippen LogP contribution < -0.4 is 4.74 Å². The molecular weight excluding hydrogens is 168 g/mol. The molecule has 4 nitrogen and oxygen atoms in total. The minimum absolute atomic E-state index is 0.134. The number of carbonyl (C=O) groups is 1. The van der Waals surface area contributed by atoms with Crippen molar-refractivity contribution >= 4 is 17.6 Å². The van der Waals surface area contributed by atoms with E-state index in [1.54, 1.807) is 0 Å². The van der Waals surface area contributed by atoms with Crippen LogP contribution in [0.2, 0.25) is 5.15 Å². The summed E-state index contributed by atoms with van der Waals surface area (Å²) in [5, 5.41) is 0.134. The maximum Gasteiger partial charge on any atom is 0.308 e. The number of aromatic nitrogens is 2. The molecule has 1 aromatic heterocycles. The second-order valence-corrected chi connectivity index (χ2v) is 2.13. The maximum absolute atomic E-state index is 10.4. The largest absolute Gasteiger partial charge is 0.422 e. The first-order valence-corrected chi connectivity index (χ1v) is 3.22. The van der Waals surface area contributed by atoms with Gasteiger partial charge in [-0.1, -0.05) is 11.6 Å². The van der Waals surface area contributed by atoms with E-state index < -0.39 is 5.97 Å². The average molecular weight is 173 g/mol. The van der Waals surface area contributed by atoms with Gasteiger partial charge in [0.2, 0.25) is 0 Å². The van der Waals surface area contributed by atoms with Crippen LogP contribution in [0.1, 0.15) is 6.92 Å². The Bertz CT molecular complexity index is 277. The molecule has 58 valence electrons. The number of ether oxygens (including phenoxy) is 1. The summed E-state index contributed by atoms with van der Waals surface area (Å²) in [6.07, 6.45) is 2.60. The third-order valence-electron chi connectivity index (χ3n) is 0.887. The summed E-state index contributed by atoms with van der Waals surface area (Å²) in [5.41, 5.74) is 0. The summed E-state index contributed by atoms with van der Waals surface area (Å²) >= 11 is 5.54. The van der Waals surface area contributed by atoms with Gasteiger partial charge in [0.05, 0.1) is 6.20 Å². The molecule has 0 radical (unpaired) electrons. The van der Waals surface area contributed by atoms with Gasteiger partial charge in [0.1, 0.15) is 6.33 Å². The first-order chi connectivity index (χ1) is 5.20. The maximum atomic E-state index is 10.4. The SMILES string of the molecule is CC(=O)Oc1cncnc1Cl. The predicted octanol–water partition coefficient (Wildman–Crippen LogP) is 1.06. The van der Waals surface area contributed by atoms with Gasteiger partial charge in [-0.05, 0) is 0 Å². The molecule has 0 aliphatic heterocycles. The highest BCUT2D eigenvalue weighted by Gasteiger charge is 2.03. The third-order valence-corrected chi connectivity index (χ3v) is 1.17. The van der Waals surface area contributed by atoms with Crippen molar-refractivity contribution in [1.82, 2.24) is 9.97 Å². The zero-order valence-electron chi connectivity index (χ0n) is 5.74. The van der Waals surface area contributed by atoms with Crippen LogP contribution in [0.25, 0.3) is 0 Å². The lowest BCUT2D eigenvalue weighted by atomic mass is 10.6. The third kappa shape index (κ3) is 2.16. The summed E-state index contributed by atoms with van der Waals surface area (Å²) in [6.45, 7) is 1.28. The lowest BCUT2D eigenvalue weighted by Gasteiger charge is -1.99. The zero-order valence-corrected chi connectivity index (χ0v) is 6.50. The van der Waals surface area contributed by atoms with E-state index in [4.69, 9.17) is 11.6 Å². The van der Waals surface area contributed by atoms with Crippen molar-refractivity contribution in [3.63, 3.8) is 0 Å². The van der Waals surface area contributed by atoms with E-state index in [-0.39, 0.29) is 10.9 Å². The minimum atomic E-state index is -0.443. The van der Waals surface area contributed by atoms with Gasteiger partial charge in [0.25, 0.3) is 0 Å². The first kappa shape index (κ1) is 7.94. The molecule has 1 rings (SSSR count). The molecule has 0 amide bonds. The van der Waals surface area contributed by atoms with Gasteiger partial charge in [-0.15, -0.1) is 0 Å². The van der Waals surface area contributed by atoms with E-state index >= 15 is 0 Å². The van der Waals surface area contributed by atoms with Crippen LogP contribution in [0.5, 0.6) is 5.75 Å². The monoisotopic (exact) mass is 172 g/mol. The van der Waals surface area contributed by atoms with Crippen molar-refractivity contribution in [3.8, 4) is 5.75 Å². The topological polar surface area (TPSA) is 52.1 Å². The molecule has 11 heavy (non-hydrogen) atoms. The van der Waals surface area contributed by atoms with Crippen molar-refractivity contribution in [3.05, 3.63) is 17.7 Å². The van der Waals surface area contributed by atoms with Crippen LogP contribution in [-0.4, -0.2) is 15.9 Å². The van der Waals surface area contributed by atoms with Crippen molar-refractivity contribution in [2.45, 2.75) is 6.92 Å². The molecule has 0 aliphatic carbocycles. The molecule has 5 heteroatoms. The summed E-state index contributed by atoms with van der Waals surface area (Å²) in [4.78, 5) is 17.7. The minimum Gasteiger partial charge on any atom is -0.422 e. The number of hydrogen-bond acceptors (Lipinski definition) is 4. The van der Waals surface area contributed by atoms with Crippen molar-refractivity contribution in [1.29, 1.82) is 0 Å². The highest BCUT2D eigenvalue weighted by atomic mass is 35.5. The second-order valence-electron chi connectivity index (χ2n) is 1.77. The number of halogens is 1. The quantitative estimate of drug-likeness (QED) is 0.470. The van der Waals surface area contributed by atoms with Crippen LogP contribution in [0.15, 0.2) is 12.5 Å². The Labute approximate surface area is 68.2 Å². The Hall–Kier alpha value is -1.16. The van der Waals surface area contributed by atoms with Crippen LogP contribution >= 0.6 is 11.6 Å². The molecule has 1 heterocycles. The van der Waals surface area contributed by atoms with Crippen LogP contribution in [0.3, 0.4) is 0 Å². The predicted molar refractivity (Wildman–Crippen MR) is 38.4 cm³/mol. The second kappa shape index (κ2) is 3.30. The number of carbonyl (C=O) groups excluding carboxylic acids is 1. The summed E-state index contributed by atoms with van der Waals surface area (Å²) in [5.74, 6) is -0.261. The molecule has 0 aliphatic rings. The summed E-state index contributed by atoms with van der Waals surface area (Å²) in [6, 6.07) is 0. The fourth-order valence-corrected chi connectivity index (χ4v) is 0.656. The lowest BCUT2D eigenvalue weighted by molar-refractivity contribution is -0.131. The van der Waals surface area contributed by atoms with Gasteiger partial charge in [-0.2, -0.15) is 0 Å². The molecule has 0 aromatic carbocycles. The molecule has 1 aromatic rings. The van der Waals surface area contributed by atoms with Gasteiger partial charge in [0, 0.05) is 6.92 Å². The van der Waals surface area contributed by atoms with E-state index in [0.717, 1.165) is 0 Å². The Kier molecular flexibility index (Phi) is 2.38. The van der Waals surface area contributed by atoms with Gasteiger partial charge in [0.15, 0.2) is 10.9 Å². The average Bonchev–Trinajstić information content (AvgIpc) is 1.93. The van der Waals surface area contributed by atoms with E-state index in [1.807, 2.05) is 0 Å². The number of esters is 1. The van der Waals surface area contributed by atoms with E-state index in [2.05, 4.69) is 14.7 Å². The van der Waals surface area contributed by atoms with Crippen molar-refractivity contribution in [2.75, 3.05) is 0 Å². The molecule has 0 bridgehead atoms. The molecule has 0 saturated carbocycles.